The molecule has 0 bridgehead atoms. The largest absolute Gasteiger partial charge is 0.494 e. The lowest BCUT2D eigenvalue weighted by molar-refractivity contribution is 0.0962. The van der Waals surface area contributed by atoms with Gasteiger partial charge >= 0.3 is 0 Å². The molecule has 0 spiro atoms. The number of halogens is 1. The fraction of sp³-hybridized carbons (Fsp3) is 0.333. The minimum absolute atomic E-state index is 0.0380. The van der Waals surface area contributed by atoms with E-state index in [1.54, 1.807) is 6.20 Å². The summed E-state index contributed by atoms with van der Waals surface area (Å²) in [5.74, 6) is 0.585. The fourth-order valence-corrected chi connectivity index (χ4v) is 4.36. The van der Waals surface area contributed by atoms with Gasteiger partial charge in [-0.2, -0.15) is 0 Å². The van der Waals surface area contributed by atoms with Crippen molar-refractivity contribution in [1.82, 2.24) is 25.2 Å². The number of ether oxygens (including phenoxy) is 2. The van der Waals surface area contributed by atoms with Crippen LogP contribution in [0.5, 0.6) is 11.5 Å². The van der Waals surface area contributed by atoms with Gasteiger partial charge in [0, 0.05) is 49.2 Å². The van der Waals surface area contributed by atoms with Crippen molar-refractivity contribution in [2.75, 3.05) is 37.5 Å². The number of pyridine rings is 1. The molecular formula is C27H32FN7O3. The maximum atomic E-state index is 14.7. The van der Waals surface area contributed by atoms with Crippen molar-refractivity contribution >= 4 is 23.4 Å². The number of amides is 1. The average Bonchev–Trinajstić information content (AvgIpc) is 2.93. The molecule has 1 amide bonds. The number of aromatic nitrogens is 3. The third-order valence-electron chi connectivity index (χ3n) is 6.27. The van der Waals surface area contributed by atoms with E-state index in [-0.39, 0.29) is 29.4 Å². The molecule has 2 aromatic heterocycles. The van der Waals surface area contributed by atoms with Crippen molar-refractivity contribution in [3.05, 3.63) is 71.7 Å². The van der Waals surface area contributed by atoms with Crippen LogP contribution in [0, 0.1) is 5.82 Å². The number of rotatable bonds is 9. The number of allylic oxidation sites excluding steroid dienone is 1. The second-order valence-electron chi connectivity index (χ2n) is 8.85. The maximum absolute atomic E-state index is 14.7. The van der Waals surface area contributed by atoms with E-state index in [1.165, 1.54) is 44.4 Å². The molecule has 0 radical (unpaired) electrons. The highest BCUT2D eigenvalue weighted by molar-refractivity contribution is 5.94. The normalized spacial score (nSPS) is 15.1. The lowest BCUT2D eigenvalue weighted by atomic mass is 10.1. The van der Waals surface area contributed by atoms with Gasteiger partial charge in [0.05, 0.1) is 31.4 Å². The molecule has 3 aromatic rings. The van der Waals surface area contributed by atoms with Crippen LogP contribution >= 0.6 is 0 Å². The predicted octanol–water partition coefficient (Wildman–Crippen LogP) is 4.09. The predicted molar refractivity (Wildman–Crippen MR) is 143 cm³/mol. The minimum Gasteiger partial charge on any atom is -0.494 e. The van der Waals surface area contributed by atoms with Gasteiger partial charge in [0.15, 0.2) is 17.3 Å². The van der Waals surface area contributed by atoms with Crippen molar-refractivity contribution < 1.29 is 18.7 Å². The van der Waals surface area contributed by atoms with Crippen LogP contribution in [-0.4, -0.2) is 59.0 Å². The summed E-state index contributed by atoms with van der Waals surface area (Å²) < 4.78 is 25.4. The van der Waals surface area contributed by atoms with Crippen LogP contribution in [0.3, 0.4) is 0 Å². The zero-order valence-corrected chi connectivity index (χ0v) is 22.2. The third kappa shape index (κ3) is 5.93. The van der Waals surface area contributed by atoms with E-state index in [0.717, 1.165) is 24.6 Å². The van der Waals surface area contributed by atoms with Crippen LogP contribution in [0.2, 0.25) is 0 Å². The second kappa shape index (κ2) is 11.8. The summed E-state index contributed by atoms with van der Waals surface area (Å²) in [6.07, 6.45) is 6.82. The monoisotopic (exact) mass is 521 g/mol. The van der Waals surface area contributed by atoms with E-state index in [9.17, 15) is 9.18 Å². The van der Waals surface area contributed by atoms with E-state index in [1.807, 2.05) is 12.1 Å². The quantitative estimate of drug-likeness (QED) is 0.431. The number of nitrogens with one attached hydrogen (secondary N) is 2. The Morgan fingerprint density at radius 1 is 1.18 bits per heavy atom. The van der Waals surface area contributed by atoms with E-state index in [4.69, 9.17) is 9.47 Å². The lowest BCUT2D eigenvalue weighted by Gasteiger charge is -2.39. The number of likely N-dealkylation sites (N-methyl/N-ethyl adjacent to an activating group) is 1. The number of carbonyl (C=O) groups is 1. The SMILES string of the molecule is CCN1C(C)=CN(c2ccc(Nc3ncc(OCc4cc(C(=O)NC)cc(OC)c4F)cn3)cn2)C[C@@H]1C. The molecule has 38 heavy (non-hydrogen) atoms. The number of anilines is 3. The molecule has 1 atom stereocenters. The van der Waals surface area contributed by atoms with Gasteiger partial charge < -0.3 is 29.9 Å². The van der Waals surface area contributed by atoms with Gasteiger partial charge in [-0.05, 0) is 45.0 Å². The third-order valence-corrected chi connectivity index (χ3v) is 6.27. The van der Waals surface area contributed by atoms with Crippen molar-refractivity contribution in [1.29, 1.82) is 0 Å². The zero-order chi connectivity index (χ0) is 27.2. The Hall–Kier alpha value is -4.41. The highest BCUT2D eigenvalue weighted by Gasteiger charge is 2.22. The Balaban J connectivity index is 1.38. The van der Waals surface area contributed by atoms with Crippen molar-refractivity contribution in [3.8, 4) is 11.5 Å². The summed E-state index contributed by atoms with van der Waals surface area (Å²) in [5, 5.41) is 5.63. The molecule has 0 unspecified atom stereocenters. The first kappa shape index (κ1) is 26.6. The molecule has 1 aromatic carbocycles. The smallest absolute Gasteiger partial charge is 0.251 e. The summed E-state index contributed by atoms with van der Waals surface area (Å²) >= 11 is 0. The number of benzene rings is 1. The first-order chi connectivity index (χ1) is 18.3. The van der Waals surface area contributed by atoms with Crippen LogP contribution in [0.1, 0.15) is 36.7 Å². The summed E-state index contributed by atoms with van der Waals surface area (Å²) in [6.45, 7) is 8.20. The molecule has 10 nitrogen and oxygen atoms in total. The summed E-state index contributed by atoms with van der Waals surface area (Å²) in [5.41, 5.74) is 2.39. The van der Waals surface area contributed by atoms with Gasteiger partial charge in [-0.25, -0.2) is 19.3 Å². The van der Waals surface area contributed by atoms with Gasteiger partial charge in [-0.3, -0.25) is 4.79 Å². The zero-order valence-electron chi connectivity index (χ0n) is 22.2. The van der Waals surface area contributed by atoms with E-state index in [0.29, 0.717) is 17.7 Å². The van der Waals surface area contributed by atoms with Crippen molar-refractivity contribution in [2.45, 2.75) is 33.4 Å². The summed E-state index contributed by atoms with van der Waals surface area (Å²) in [7, 11) is 2.84. The molecular weight excluding hydrogens is 489 g/mol. The minimum atomic E-state index is -0.595. The van der Waals surface area contributed by atoms with E-state index >= 15 is 0 Å². The first-order valence-electron chi connectivity index (χ1n) is 12.3. The number of nitrogens with zero attached hydrogens (tertiary/aromatic N) is 5. The van der Waals surface area contributed by atoms with Gasteiger partial charge in [-0.1, -0.05) is 0 Å². The van der Waals surface area contributed by atoms with Crippen molar-refractivity contribution in [2.24, 2.45) is 0 Å². The Bertz CT molecular complexity index is 1300. The summed E-state index contributed by atoms with van der Waals surface area (Å²) in [6, 6.07) is 7.04. The Kier molecular flexibility index (Phi) is 8.25. The molecule has 0 saturated heterocycles. The molecule has 3 heterocycles. The average molecular weight is 522 g/mol. The Morgan fingerprint density at radius 2 is 1.95 bits per heavy atom. The molecule has 1 aliphatic rings. The molecule has 0 saturated carbocycles. The molecule has 0 aliphatic carbocycles. The molecule has 200 valence electrons. The highest BCUT2D eigenvalue weighted by Crippen LogP contribution is 2.26. The number of methoxy groups -OCH3 is 1. The van der Waals surface area contributed by atoms with Crippen LogP contribution in [-0.2, 0) is 6.61 Å². The van der Waals surface area contributed by atoms with Gasteiger partial charge in [0.2, 0.25) is 5.95 Å². The van der Waals surface area contributed by atoms with Gasteiger partial charge in [-0.15, -0.1) is 0 Å². The number of hydrogen-bond donors (Lipinski definition) is 2. The number of carbonyl (C=O) groups excluding carboxylic acids is 1. The Labute approximate surface area is 221 Å². The molecule has 2 N–H and O–H groups in total. The fourth-order valence-electron chi connectivity index (χ4n) is 4.36. The topological polar surface area (TPSA) is 105 Å². The lowest BCUT2D eigenvalue weighted by Crippen LogP contribution is -2.44. The first-order valence-corrected chi connectivity index (χ1v) is 12.3. The maximum Gasteiger partial charge on any atom is 0.251 e. The van der Waals surface area contributed by atoms with Crippen molar-refractivity contribution in [3.63, 3.8) is 0 Å². The van der Waals surface area contributed by atoms with Crippen LogP contribution in [0.15, 0.2) is 54.8 Å². The van der Waals surface area contributed by atoms with Crippen LogP contribution < -0.4 is 25.0 Å². The van der Waals surface area contributed by atoms with E-state index < -0.39 is 5.82 Å². The molecule has 0 fully saturated rings. The van der Waals surface area contributed by atoms with Gasteiger partial charge in [0.25, 0.3) is 5.91 Å². The van der Waals surface area contributed by atoms with Gasteiger partial charge in [0.1, 0.15) is 12.4 Å². The standard InChI is InChI=1S/C27H32FN7O3/c1-6-35-17(2)14-34(15-18(35)3)24-8-7-21(11-30-24)33-27-31-12-22(13-32-27)38-16-20-9-19(26(36)29-4)10-23(37-5)25(20)28/h7-14,18H,6,15-16H2,1-5H3,(H,29,36)(H,31,32,33)/t18-/m0/s1. The molecule has 1 aliphatic heterocycles. The molecule has 4 rings (SSSR count). The Morgan fingerprint density at radius 3 is 2.55 bits per heavy atom. The number of hydrogen-bond acceptors (Lipinski definition) is 9. The van der Waals surface area contributed by atoms with Crippen LogP contribution in [0.4, 0.5) is 21.8 Å². The second-order valence-corrected chi connectivity index (χ2v) is 8.85. The summed E-state index contributed by atoms with van der Waals surface area (Å²) in [4.78, 5) is 29.6. The van der Waals surface area contributed by atoms with E-state index in [2.05, 4.69) is 62.4 Å². The highest BCUT2D eigenvalue weighted by atomic mass is 19.1. The molecule has 11 heteroatoms. The van der Waals surface area contributed by atoms with Crippen LogP contribution in [0.25, 0.3) is 0 Å².